The highest BCUT2D eigenvalue weighted by atomic mass is 32.1. The summed E-state index contributed by atoms with van der Waals surface area (Å²) in [5.74, 6) is 0.00854. The third-order valence-electron chi connectivity index (χ3n) is 4.31. The van der Waals surface area contributed by atoms with Crippen LogP contribution in [-0.4, -0.2) is 21.9 Å². The largest absolute Gasteiger partial charge is 0.467 e. The first-order valence-electron chi connectivity index (χ1n) is 8.18. The number of furan rings is 1. The number of amides is 1. The lowest BCUT2D eigenvalue weighted by Crippen LogP contribution is -2.35. The van der Waals surface area contributed by atoms with Gasteiger partial charge in [0.15, 0.2) is 11.7 Å². The smallest absolute Gasteiger partial charge is 0.410 e. The Balaban J connectivity index is 1.58. The van der Waals surface area contributed by atoms with E-state index < -0.39 is 24.2 Å². The van der Waals surface area contributed by atoms with Crippen LogP contribution in [0.3, 0.4) is 0 Å². The summed E-state index contributed by atoms with van der Waals surface area (Å²) in [4.78, 5) is 13.3. The summed E-state index contributed by atoms with van der Waals surface area (Å²) in [5.41, 5.74) is -0.0663. The Morgan fingerprint density at radius 3 is 2.93 bits per heavy atom. The van der Waals surface area contributed by atoms with Crippen molar-refractivity contribution in [1.29, 1.82) is 0 Å². The zero-order valence-electron chi connectivity index (χ0n) is 13.9. The second kappa shape index (κ2) is 6.76. The number of alkyl halides is 3. The molecule has 4 rings (SSSR count). The molecule has 1 aliphatic heterocycles. The molecule has 0 spiro atoms. The number of nitrogens with zero attached hydrogens (tertiary/aromatic N) is 2. The van der Waals surface area contributed by atoms with Crippen LogP contribution in [-0.2, 0) is 6.54 Å². The summed E-state index contributed by atoms with van der Waals surface area (Å²) in [6, 6.07) is 5.78. The Bertz CT molecular complexity index is 919. The molecule has 0 aromatic carbocycles. The summed E-state index contributed by atoms with van der Waals surface area (Å²) in [6.07, 6.45) is -3.37. The highest BCUT2D eigenvalue weighted by molar-refractivity contribution is 7.09. The molecule has 4 heterocycles. The molecule has 0 fully saturated rings. The Kier molecular flexibility index (Phi) is 4.42. The molecular formula is C17H15F3N4O2S. The molecule has 27 heavy (non-hydrogen) atoms. The normalized spacial score (nSPS) is 19.4. The first-order chi connectivity index (χ1) is 12.9. The highest BCUT2D eigenvalue weighted by Gasteiger charge is 2.47. The van der Waals surface area contributed by atoms with Crippen molar-refractivity contribution in [3.63, 3.8) is 0 Å². The Labute approximate surface area is 156 Å². The molecule has 0 saturated heterocycles. The number of anilines is 1. The van der Waals surface area contributed by atoms with Crippen molar-refractivity contribution in [2.75, 3.05) is 5.32 Å². The minimum Gasteiger partial charge on any atom is -0.467 e. The molecule has 6 nitrogen and oxygen atoms in total. The van der Waals surface area contributed by atoms with Crippen molar-refractivity contribution in [2.24, 2.45) is 0 Å². The van der Waals surface area contributed by atoms with E-state index in [1.54, 1.807) is 12.1 Å². The number of aromatic nitrogens is 2. The summed E-state index contributed by atoms with van der Waals surface area (Å²) in [6.45, 7) is 0.295. The van der Waals surface area contributed by atoms with Crippen LogP contribution < -0.4 is 10.6 Å². The van der Waals surface area contributed by atoms with Gasteiger partial charge in [-0.05, 0) is 23.6 Å². The zero-order chi connectivity index (χ0) is 19.0. The van der Waals surface area contributed by atoms with Crippen LogP contribution in [0.1, 0.15) is 39.6 Å². The molecule has 2 unspecified atom stereocenters. The van der Waals surface area contributed by atoms with Gasteiger partial charge in [0.25, 0.3) is 5.91 Å². The van der Waals surface area contributed by atoms with Crippen LogP contribution in [0.25, 0.3) is 0 Å². The number of hydrogen-bond acceptors (Lipinski definition) is 5. The molecule has 0 saturated carbocycles. The molecule has 3 aromatic rings. The van der Waals surface area contributed by atoms with Gasteiger partial charge in [0.05, 0.1) is 18.8 Å². The van der Waals surface area contributed by atoms with Gasteiger partial charge >= 0.3 is 6.18 Å². The predicted octanol–water partition coefficient (Wildman–Crippen LogP) is 4.13. The minimum absolute atomic E-state index is 0.0663. The molecule has 0 aliphatic carbocycles. The summed E-state index contributed by atoms with van der Waals surface area (Å²) >= 11 is 1.48. The topological polar surface area (TPSA) is 72.1 Å². The lowest BCUT2D eigenvalue weighted by atomic mass is 10.0. The number of thiophene rings is 1. The fourth-order valence-electron chi connectivity index (χ4n) is 3.03. The van der Waals surface area contributed by atoms with E-state index >= 15 is 0 Å². The van der Waals surface area contributed by atoms with Gasteiger partial charge < -0.3 is 15.1 Å². The number of hydrogen-bond donors (Lipinski definition) is 2. The third-order valence-corrected chi connectivity index (χ3v) is 5.19. The summed E-state index contributed by atoms with van der Waals surface area (Å²) in [5, 5.41) is 11.4. The van der Waals surface area contributed by atoms with Crippen molar-refractivity contribution in [3.05, 3.63) is 58.3 Å². The number of nitrogens with one attached hydrogen (secondary N) is 2. The van der Waals surface area contributed by atoms with Gasteiger partial charge in [-0.1, -0.05) is 6.07 Å². The lowest BCUT2D eigenvalue weighted by molar-refractivity contribution is -0.174. The van der Waals surface area contributed by atoms with Gasteiger partial charge in [0.1, 0.15) is 11.6 Å². The van der Waals surface area contributed by atoms with E-state index in [2.05, 4.69) is 15.7 Å². The molecule has 0 radical (unpaired) electrons. The molecule has 10 heteroatoms. The minimum atomic E-state index is -4.50. The van der Waals surface area contributed by atoms with Crippen molar-refractivity contribution in [2.45, 2.75) is 31.2 Å². The van der Waals surface area contributed by atoms with Crippen LogP contribution in [0.2, 0.25) is 0 Å². The molecule has 2 N–H and O–H groups in total. The van der Waals surface area contributed by atoms with E-state index in [-0.39, 0.29) is 17.9 Å². The third kappa shape index (κ3) is 3.57. The molecular weight excluding hydrogens is 381 g/mol. The predicted molar refractivity (Wildman–Crippen MR) is 92.5 cm³/mol. The number of fused-ring (bicyclic) bond motifs is 1. The quantitative estimate of drug-likeness (QED) is 0.696. The monoisotopic (exact) mass is 396 g/mol. The molecule has 1 amide bonds. The van der Waals surface area contributed by atoms with E-state index in [1.807, 2.05) is 17.5 Å². The average molecular weight is 396 g/mol. The second-order valence-corrected chi connectivity index (χ2v) is 7.16. The molecule has 2 atom stereocenters. The number of carbonyl (C=O) groups excluding carboxylic acids is 1. The van der Waals surface area contributed by atoms with Crippen molar-refractivity contribution >= 4 is 23.1 Å². The van der Waals surface area contributed by atoms with Crippen molar-refractivity contribution in [1.82, 2.24) is 15.1 Å². The van der Waals surface area contributed by atoms with Crippen molar-refractivity contribution in [3.8, 4) is 0 Å². The number of carbonyl (C=O) groups is 1. The number of halogens is 3. The van der Waals surface area contributed by atoms with Gasteiger partial charge in [0.2, 0.25) is 0 Å². The van der Waals surface area contributed by atoms with Crippen LogP contribution >= 0.6 is 11.3 Å². The van der Waals surface area contributed by atoms with Gasteiger partial charge in [-0.15, -0.1) is 11.3 Å². The summed E-state index contributed by atoms with van der Waals surface area (Å²) in [7, 11) is 0. The lowest BCUT2D eigenvalue weighted by Gasteiger charge is -2.32. The van der Waals surface area contributed by atoms with E-state index in [9.17, 15) is 18.0 Å². The molecule has 0 bridgehead atoms. The fourth-order valence-corrected chi connectivity index (χ4v) is 3.68. The van der Waals surface area contributed by atoms with Gasteiger partial charge in [-0.25, -0.2) is 4.68 Å². The van der Waals surface area contributed by atoms with E-state index in [0.29, 0.717) is 12.3 Å². The van der Waals surface area contributed by atoms with Gasteiger partial charge in [0, 0.05) is 17.4 Å². The molecule has 3 aromatic heterocycles. The molecule has 1 aliphatic rings. The standard InChI is InChI=1S/C17H15F3N4O2S/c18-17(19,20)14-7-11(13-4-1-5-26-13)22-15-8-12(23-24(14)15)16(25)21-9-10-3-2-6-27-10/h1-6,8,11,14,22H,7,9H2,(H,21,25). The van der Waals surface area contributed by atoms with Gasteiger partial charge in [-0.2, -0.15) is 18.3 Å². The first-order valence-corrected chi connectivity index (χ1v) is 9.06. The Morgan fingerprint density at radius 2 is 2.26 bits per heavy atom. The van der Waals surface area contributed by atoms with E-state index in [0.717, 1.165) is 9.56 Å². The fraction of sp³-hybridized carbons (Fsp3) is 0.294. The van der Waals surface area contributed by atoms with Crippen LogP contribution in [0.4, 0.5) is 19.0 Å². The maximum absolute atomic E-state index is 13.6. The maximum atomic E-state index is 13.6. The summed E-state index contributed by atoms with van der Waals surface area (Å²) < 4.78 is 46.8. The molecule has 142 valence electrons. The Morgan fingerprint density at radius 1 is 1.41 bits per heavy atom. The van der Waals surface area contributed by atoms with Crippen LogP contribution in [0.15, 0.2) is 46.4 Å². The van der Waals surface area contributed by atoms with Crippen LogP contribution in [0, 0.1) is 0 Å². The maximum Gasteiger partial charge on any atom is 0.410 e. The van der Waals surface area contributed by atoms with Crippen molar-refractivity contribution < 1.29 is 22.4 Å². The first kappa shape index (κ1) is 17.7. The highest BCUT2D eigenvalue weighted by Crippen LogP contribution is 2.43. The number of rotatable bonds is 4. The SMILES string of the molecule is O=C(NCc1cccs1)c1cc2n(n1)C(C(F)(F)F)CC(c1ccco1)N2. The van der Waals surface area contributed by atoms with Gasteiger partial charge in [-0.3, -0.25) is 4.79 Å². The van der Waals surface area contributed by atoms with E-state index in [4.69, 9.17) is 4.42 Å². The average Bonchev–Trinajstić information content (AvgIpc) is 3.38. The zero-order valence-corrected chi connectivity index (χ0v) is 14.7. The Hall–Kier alpha value is -2.75. The van der Waals surface area contributed by atoms with E-state index in [1.165, 1.54) is 23.7 Å². The van der Waals surface area contributed by atoms with Crippen LogP contribution in [0.5, 0.6) is 0 Å². The second-order valence-electron chi connectivity index (χ2n) is 6.13.